The zero-order valence-corrected chi connectivity index (χ0v) is 12.9. The van der Waals surface area contributed by atoms with Crippen molar-refractivity contribution in [3.63, 3.8) is 0 Å². The highest BCUT2D eigenvalue weighted by Gasteiger charge is 2.28. The third kappa shape index (κ3) is 3.68. The van der Waals surface area contributed by atoms with E-state index in [0.29, 0.717) is 21.5 Å². The van der Waals surface area contributed by atoms with Crippen molar-refractivity contribution in [2.45, 2.75) is 13.3 Å². The van der Waals surface area contributed by atoms with Crippen LogP contribution in [0.1, 0.15) is 18.9 Å². The van der Waals surface area contributed by atoms with Crippen molar-refractivity contribution in [3.8, 4) is 12.1 Å². The van der Waals surface area contributed by atoms with Gasteiger partial charge in [0.15, 0.2) is 0 Å². The lowest BCUT2D eigenvalue weighted by Crippen LogP contribution is -2.32. The molecule has 0 spiro atoms. The van der Waals surface area contributed by atoms with Crippen LogP contribution in [0.2, 0.25) is 0 Å². The molecule has 1 atom stereocenters. The molecule has 25 heavy (non-hydrogen) atoms. The molecule has 1 heterocycles. The molecule has 0 saturated heterocycles. The Morgan fingerprint density at radius 2 is 1.92 bits per heavy atom. The zero-order valence-electron chi connectivity index (χ0n) is 12.9. The predicted molar refractivity (Wildman–Crippen MR) is 86.3 cm³/mol. The normalized spacial score (nSPS) is 16.1. The van der Waals surface area contributed by atoms with E-state index in [9.17, 15) is 14.6 Å². The minimum absolute atomic E-state index is 0.0896. The van der Waals surface area contributed by atoms with Crippen molar-refractivity contribution < 1.29 is 4.79 Å². The maximum atomic E-state index is 11.6. The molecular weight excluding hydrogens is 328 g/mol. The van der Waals surface area contributed by atoms with Gasteiger partial charge in [0.2, 0.25) is 5.71 Å². The first kappa shape index (κ1) is 17.4. The maximum absolute atomic E-state index is 11.6. The van der Waals surface area contributed by atoms with Crippen LogP contribution in [0.25, 0.3) is 0 Å². The lowest BCUT2D eigenvalue weighted by Gasteiger charge is -2.22. The Balaban J connectivity index is 2.34. The van der Waals surface area contributed by atoms with Gasteiger partial charge in [-0.05, 0) is 17.7 Å². The van der Waals surface area contributed by atoms with Gasteiger partial charge in [0, 0.05) is 12.3 Å². The smallest absolute Gasteiger partial charge is 0.268 e. The minimum atomic E-state index is -0.528. The number of nitroso groups, excluding NO2 is 2. The van der Waals surface area contributed by atoms with Crippen molar-refractivity contribution in [3.05, 3.63) is 39.6 Å². The second-order valence-electron chi connectivity index (χ2n) is 4.95. The molecule has 124 valence electrons. The zero-order chi connectivity index (χ0) is 18.4. The lowest BCUT2D eigenvalue weighted by molar-refractivity contribution is -0.132. The van der Waals surface area contributed by atoms with Crippen LogP contribution in [0.5, 0.6) is 0 Å². The Hall–Kier alpha value is -3.99. The molecule has 0 fully saturated rings. The number of carbonyl (C=O) groups is 1. The average Bonchev–Trinajstić information content (AvgIpc) is 2.63. The Morgan fingerprint density at radius 3 is 2.44 bits per heavy atom. The molecule has 1 aliphatic heterocycles. The molecule has 0 unspecified atom stereocenters. The second-order valence-corrected chi connectivity index (χ2v) is 4.95. The van der Waals surface area contributed by atoms with Crippen LogP contribution in [0.15, 0.2) is 45.0 Å². The number of anilines is 1. The summed E-state index contributed by atoms with van der Waals surface area (Å²) in [4.78, 5) is 33.0. The average molecular weight is 338 g/mol. The van der Waals surface area contributed by atoms with Crippen LogP contribution in [0, 0.1) is 38.4 Å². The van der Waals surface area contributed by atoms with Crippen LogP contribution < -0.4 is 5.12 Å². The number of hydrogen-bond donors (Lipinski definition) is 0. The van der Waals surface area contributed by atoms with Crippen LogP contribution in [-0.4, -0.2) is 22.4 Å². The summed E-state index contributed by atoms with van der Waals surface area (Å²) in [5, 5.41) is 31.1. The Bertz CT molecular complexity index is 830. The minimum Gasteiger partial charge on any atom is -0.271 e. The quantitative estimate of drug-likeness (QED) is 0.453. The highest BCUT2D eigenvalue weighted by molar-refractivity contribution is 6.10. The number of nitriles is 2. The summed E-state index contributed by atoms with van der Waals surface area (Å²) in [5.41, 5.74) is 0.773. The molecule has 0 bridgehead atoms. The SMILES string of the molecule is C[C@@H]1CC(=O)N(N=O)N=C1c1ccc(N(N=O)N=C(C#N)C#N)cc1. The maximum Gasteiger partial charge on any atom is 0.268 e. The molecule has 1 aliphatic rings. The molecule has 0 N–H and O–H groups in total. The van der Waals surface area contributed by atoms with E-state index in [1.54, 1.807) is 19.1 Å². The Kier molecular flexibility index (Phi) is 5.22. The molecule has 2 rings (SSSR count). The van der Waals surface area contributed by atoms with Gasteiger partial charge in [-0.2, -0.15) is 10.5 Å². The Morgan fingerprint density at radius 1 is 1.28 bits per heavy atom. The van der Waals surface area contributed by atoms with E-state index in [1.807, 2.05) is 0 Å². The molecule has 1 aromatic carbocycles. The fourth-order valence-corrected chi connectivity index (χ4v) is 2.16. The van der Waals surface area contributed by atoms with E-state index in [2.05, 4.69) is 20.8 Å². The summed E-state index contributed by atoms with van der Waals surface area (Å²) in [5.74, 6) is -0.715. The number of nitrogens with zero attached hydrogens (tertiary/aromatic N) is 8. The first-order valence-electron chi connectivity index (χ1n) is 6.91. The van der Waals surface area contributed by atoms with Gasteiger partial charge >= 0.3 is 0 Å². The number of hydrogen-bond acceptors (Lipinski definition) is 9. The van der Waals surface area contributed by atoms with Gasteiger partial charge in [-0.25, -0.2) is 0 Å². The van der Waals surface area contributed by atoms with Crippen molar-refractivity contribution >= 4 is 23.0 Å². The van der Waals surface area contributed by atoms with Crippen molar-refractivity contribution in [2.75, 3.05) is 5.12 Å². The summed E-state index contributed by atoms with van der Waals surface area (Å²) in [7, 11) is 0. The fraction of sp³-hybridized carbons (Fsp3) is 0.214. The topological polar surface area (TPSA) is 155 Å². The summed E-state index contributed by atoms with van der Waals surface area (Å²) in [6, 6.07) is 9.14. The van der Waals surface area contributed by atoms with Gasteiger partial charge in [0.1, 0.15) is 12.1 Å². The standard InChI is InChI=1S/C14H10N8O3/c1-9-6-13(23)22(20-25)18-14(9)10-2-4-12(5-3-10)21(19-24)17-11(7-15)8-16/h2-5,9H,6H2,1H3/t9-/m1/s1. The summed E-state index contributed by atoms with van der Waals surface area (Å²) in [6.07, 6.45) is 0.0896. The molecule has 0 saturated carbocycles. The van der Waals surface area contributed by atoms with Gasteiger partial charge in [-0.15, -0.1) is 25.1 Å². The highest BCUT2D eigenvalue weighted by Crippen LogP contribution is 2.23. The van der Waals surface area contributed by atoms with Crippen LogP contribution in [0.4, 0.5) is 5.69 Å². The lowest BCUT2D eigenvalue weighted by atomic mass is 9.94. The van der Waals surface area contributed by atoms with Crippen molar-refractivity contribution in [1.29, 1.82) is 10.5 Å². The number of rotatable bonds is 5. The first-order valence-corrected chi connectivity index (χ1v) is 6.91. The molecule has 0 aromatic heterocycles. The van der Waals surface area contributed by atoms with Crippen molar-refractivity contribution in [1.82, 2.24) is 5.12 Å². The fourth-order valence-electron chi connectivity index (χ4n) is 2.16. The first-order chi connectivity index (χ1) is 12.0. The molecular formula is C14H10N8O3. The van der Waals surface area contributed by atoms with Gasteiger partial charge in [0.05, 0.1) is 22.0 Å². The highest BCUT2D eigenvalue weighted by atomic mass is 16.3. The molecule has 0 aliphatic carbocycles. The van der Waals surface area contributed by atoms with Crippen LogP contribution in [0.3, 0.4) is 0 Å². The van der Waals surface area contributed by atoms with Crippen LogP contribution >= 0.6 is 0 Å². The molecule has 11 nitrogen and oxygen atoms in total. The molecule has 11 heteroatoms. The van der Waals surface area contributed by atoms with Crippen molar-refractivity contribution in [2.24, 2.45) is 26.7 Å². The van der Waals surface area contributed by atoms with E-state index >= 15 is 0 Å². The van der Waals surface area contributed by atoms with Crippen LogP contribution in [-0.2, 0) is 4.79 Å². The van der Waals surface area contributed by atoms with Gasteiger partial charge in [-0.3, -0.25) is 4.79 Å². The van der Waals surface area contributed by atoms with Gasteiger partial charge in [-0.1, -0.05) is 24.2 Å². The summed E-state index contributed by atoms with van der Waals surface area (Å²) in [6.45, 7) is 1.78. The third-order valence-electron chi connectivity index (χ3n) is 3.33. The van der Waals surface area contributed by atoms with E-state index in [0.717, 1.165) is 0 Å². The number of benzene rings is 1. The van der Waals surface area contributed by atoms with E-state index < -0.39 is 11.6 Å². The largest absolute Gasteiger partial charge is 0.271 e. The predicted octanol–water partition coefficient (Wildman–Crippen LogP) is 1.83. The summed E-state index contributed by atoms with van der Waals surface area (Å²) >= 11 is 0. The Labute approximate surface area is 141 Å². The second kappa shape index (κ2) is 7.52. The number of amides is 1. The van der Waals surface area contributed by atoms with E-state index in [-0.39, 0.29) is 18.0 Å². The molecule has 0 radical (unpaired) electrons. The molecule has 1 amide bonds. The summed E-state index contributed by atoms with van der Waals surface area (Å²) < 4.78 is 0. The van der Waals surface area contributed by atoms with E-state index in [1.165, 1.54) is 24.3 Å². The van der Waals surface area contributed by atoms with Gasteiger partial charge in [0.25, 0.3) is 5.91 Å². The third-order valence-corrected chi connectivity index (χ3v) is 3.33. The van der Waals surface area contributed by atoms with E-state index in [4.69, 9.17) is 10.5 Å². The molecule has 1 aromatic rings. The number of hydrazone groups is 2. The number of carbonyl (C=O) groups excluding carboxylic acids is 1. The monoisotopic (exact) mass is 338 g/mol. The van der Waals surface area contributed by atoms with Gasteiger partial charge < -0.3 is 0 Å².